The molecule has 0 spiro atoms. The number of hydrogen-bond acceptors (Lipinski definition) is 3. The molecule has 1 fully saturated rings. The Morgan fingerprint density at radius 1 is 1.57 bits per heavy atom. The van der Waals surface area contributed by atoms with Crippen LogP contribution in [0, 0.1) is 5.92 Å². The molecule has 3 nitrogen and oxygen atoms in total. The number of aromatic nitrogens is 2. The Labute approximate surface area is 85.0 Å². The molecule has 2 rings (SSSR count). The highest BCUT2D eigenvalue weighted by Crippen LogP contribution is 2.45. The van der Waals surface area contributed by atoms with Gasteiger partial charge in [-0.2, -0.15) is 0 Å². The van der Waals surface area contributed by atoms with E-state index in [1.165, 1.54) is 18.5 Å². The van der Waals surface area contributed by atoms with Gasteiger partial charge in [-0.3, -0.25) is 0 Å². The predicted octanol–water partition coefficient (Wildman–Crippen LogP) is 1.58. The van der Waals surface area contributed by atoms with Crippen LogP contribution in [-0.4, -0.2) is 23.1 Å². The van der Waals surface area contributed by atoms with Crippen LogP contribution in [0.1, 0.15) is 31.4 Å². The topological polar surface area (TPSA) is 37.8 Å². The van der Waals surface area contributed by atoms with Gasteiger partial charge in [0.05, 0.1) is 0 Å². The molecule has 14 heavy (non-hydrogen) atoms. The summed E-state index contributed by atoms with van der Waals surface area (Å²) >= 11 is 0. The highest BCUT2D eigenvalue weighted by molar-refractivity contribution is 5.16. The predicted molar refractivity (Wildman–Crippen MR) is 56.0 cm³/mol. The second kappa shape index (κ2) is 4.51. The standard InChI is InChI=1S/C11H17N3/c1-2-4-12-7-9-6-10(9)11-3-5-13-8-14-11/h3,5,8-10,12H,2,4,6-7H2,1H3. The molecule has 3 heteroatoms. The SMILES string of the molecule is CCCNCC1CC1c1ccncn1. The van der Waals surface area contributed by atoms with Crippen LogP contribution >= 0.6 is 0 Å². The van der Waals surface area contributed by atoms with Crippen molar-refractivity contribution < 1.29 is 0 Å². The summed E-state index contributed by atoms with van der Waals surface area (Å²) in [6, 6.07) is 2.03. The van der Waals surface area contributed by atoms with Crippen molar-refractivity contribution in [2.24, 2.45) is 5.92 Å². The van der Waals surface area contributed by atoms with Gasteiger partial charge in [0, 0.05) is 17.8 Å². The fourth-order valence-electron chi connectivity index (χ4n) is 1.82. The lowest BCUT2D eigenvalue weighted by molar-refractivity contribution is 0.618. The van der Waals surface area contributed by atoms with Gasteiger partial charge in [-0.25, -0.2) is 9.97 Å². The normalized spacial score (nSPS) is 24.9. The molecule has 1 N–H and O–H groups in total. The quantitative estimate of drug-likeness (QED) is 0.718. The molecular weight excluding hydrogens is 174 g/mol. The van der Waals surface area contributed by atoms with Crippen LogP contribution in [-0.2, 0) is 0 Å². The Bertz CT molecular complexity index is 273. The fourth-order valence-corrected chi connectivity index (χ4v) is 1.82. The molecular formula is C11H17N3. The second-order valence-corrected chi connectivity index (χ2v) is 3.94. The van der Waals surface area contributed by atoms with E-state index < -0.39 is 0 Å². The van der Waals surface area contributed by atoms with Gasteiger partial charge < -0.3 is 5.32 Å². The molecule has 1 heterocycles. The highest BCUT2D eigenvalue weighted by Gasteiger charge is 2.38. The molecule has 0 aromatic carbocycles. The minimum atomic E-state index is 0.683. The summed E-state index contributed by atoms with van der Waals surface area (Å²) in [4.78, 5) is 8.21. The third-order valence-corrected chi connectivity index (χ3v) is 2.74. The van der Waals surface area contributed by atoms with Crippen molar-refractivity contribution in [1.29, 1.82) is 0 Å². The Kier molecular flexibility index (Phi) is 3.09. The molecule has 0 bridgehead atoms. The van der Waals surface area contributed by atoms with Gasteiger partial charge in [0.2, 0.25) is 0 Å². The van der Waals surface area contributed by atoms with E-state index >= 15 is 0 Å². The summed E-state index contributed by atoms with van der Waals surface area (Å²) in [5, 5.41) is 3.45. The molecule has 1 aliphatic rings. The minimum absolute atomic E-state index is 0.683. The fraction of sp³-hybridized carbons (Fsp3) is 0.636. The molecule has 1 aromatic rings. The lowest BCUT2D eigenvalue weighted by Crippen LogP contribution is -2.17. The third-order valence-electron chi connectivity index (χ3n) is 2.74. The molecule has 1 saturated carbocycles. The lowest BCUT2D eigenvalue weighted by Gasteiger charge is -2.01. The maximum absolute atomic E-state index is 4.28. The monoisotopic (exact) mass is 191 g/mol. The Morgan fingerprint density at radius 3 is 3.21 bits per heavy atom. The molecule has 2 atom stereocenters. The smallest absolute Gasteiger partial charge is 0.115 e. The number of hydrogen-bond donors (Lipinski definition) is 1. The van der Waals surface area contributed by atoms with E-state index in [9.17, 15) is 0 Å². The summed E-state index contributed by atoms with van der Waals surface area (Å²) in [6.07, 6.45) is 5.97. The van der Waals surface area contributed by atoms with E-state index in [1.807, 2.05) is 12.3 Å². The van der Waals surface area contributed by atoms with Crippen molar-refractivity contribution in [2.45, 2.75) is 25.7 Å². The Hall–Kier alpha value is -0.960. The van der Waals surface area contributed by atoms with Crippen molar-refractivity contribution in [2.75, 3.05) is 13.1 Å². The largest absolute Gasteiger partial charge is 0.316 e. The van der Waals surface area contributed by atoms with E-state index in [4.69, 9.17) is 0 Å². The number of nitrogens with one attached hydrogen (secondary N) is 1. The maximum Gasteiger partial charge on any atom is 0.115 e. The molecule has 2 unspecified atom stereocenters. The van der Waals surface area contributed by atoms with Crippen molar-refractivity contribution >= 4 is 0 Å². The molecule has 1 aliphatic carbocycles. The summed E-state index contributed by atoms with van der Waals surface area (Å²) in [5.41, 5.74) is 1.21. The van der Waals surface area contributed by atoms with Crippen molar-refractivity contribution in [3.63, 3.8) is 0 Å². The zero-order valence-electron chi connectivity index (χ0n) is 8.61. The van der Waals surface area contributed by atoms with Crippen LogP contribution in [0.5, 0.6) is 0 Å². The second-order valence-electron chi connectivity index (χ2n) is 3.94. The molecule has 76 valence electrons. The minimum Gasteiger partial charge on any atom is -0.316 e. The van der Waals surface area contributed by atoms with E-state index in [0.29, 0.717) is 5.92 Å². The summed E-state index contributed by atoms with van der Waals surface area (Å²) in [7, 11) is 0. The van der Waals surface area contributed by atoms with Crippen LogP contribution in [0.4, 0.5) is 0 Å². The third kappa shape index (κ3) is 2.29. The molecule has 0 amide bonds. The first kappa shape index (κ1) is 9.59. The van der Waals surface area contributed by atoms with E-state index in [0.717, 1.165) is 19.0 Å². The Balaban J connectivity index is 1.76. The van der Waals surface area contributed by atoms with Gasteiger partial charge in [0.15, 0.2) is 0 Å². The van der Waals surface area contributed by atoms with E-state index in [2.05, 4.69) is 22.2 Å². The molecule has 1 aromatic heterocycles. The summed E-state index contributed by atoms with van der Waals surface area (Å²) in [5.74, 6) is 1.49. The maximum atomic E-state index is 4.28. The summed E-state index contributed by atoms with van der Waals surface area (Å²) < 4.78 is 0. The van der Waals surface area contributed by atoms with Crippen LogP contribution in [0.2, 0.25) is 0 Å². The van der Waals surface area contributed by atoms with Crippen LogP contribution in [0.15, 0.2) is 18.6 Å². The van der Waals surface area contributed by atoms with Gasteiger partial charge >= 0.3 is 0 Å². The van der Waals surface area contributed by atoms with Gasteiger partial charge in [-0.15, -0.1) is 0 Å². The lowest BCUT2D eigenvalue weighted by atomic mass is 10.2. The van der Waals surface area contributed by atoms with Gasteiger partial charge in [-0.05, 0) is 37.9 Å². The molecule has 0 saturated heterocycles. The highest BCUT2D eigenvalue weighted by atomic mass is 14.9. The average Bonchev–Trinajstić information content (AvgIpc) is 2.99. The van der Waals surface area contributed by atoms with E-state index in [1.54, 1.807) is 6.33 Å². The molecule has 0 aliphatic heterocycles. The average molecular weight is 191 g/mol. The molecule has 0 radical (unpaired) electrons. The van der Waals surface area contributed by atoms with Crippen LogP contribution in [0.3, 0.4) is 0 Å². The van der Waals surface area contributed by atoms with Gasteiger partial charge in [0.25, 0.3) is 0 Å². The van der Waals surface area contributed by atoms with Crippen molar-refractivity contribution in [3.05, 3.63) is 24.3 Å². The zero-order valence-corrected chi connectivity index (χ0v) is 8.61. The number of rotatable bonds is 5. The Morgan fingerprint density at radius 2 is 2.50 bits per heavy atom. The first-order valence-electron chi connectivity index (χ1n) is 5.38. The van der Waals surface area contributed by atoms with Crippen LogP contribution in [0.25, 0.3) is 0 Å². The van der Waals surface area contributed by atoms with E-state index in [-0.39, 0.29) is 0 Å². The van der Waals surface area contributed by atoms with Gasteiger partial charge in [-0.1, -0.05) is 6.92 Å². The first-order chi connectivity index (χ1) is 6.92. The van der Waals surface area contributed by atoms with Crippen molar-refractivity contribution in [1.82, 2.24) is 15.3 Å². The van der Waals surface area contributed by atoms with Gasteiger partial charge in [0.1, 0.15) is 6.33 Å². The van der Waals surface area contributed by atoms with Crippen LogP contribution < -0.4 is 5.32 Å². The number of nitrogens with zero attached hydrogens (tertiary/aromatic N) is 2. The van der Waals surface area contributed by atoms with Crippen molar-refractivity contribution in [3.8, 4) is 0 Å². The first-order valence-corrected chi connectivity index (χ1v) is 5.38. The zero-order chi connectivity index (χ0) is 9.80. The summed E-state index contributed by atoms with van der Waals surface area (Å²) in [6.45, 7) is 4.47.